The van der Waals surface area contributed by atoms with Crippen LogP contribution in [0.15, 0.2) is 60.4 Å². The van der Waals surface area contributed by atoms with Gasteiger partial charge >= 0.3 is 11.8 Å². The first-order valence-corrected chi connectivity index (χ1v) is 8.07. The van der Waals surface area contributed by atoms with Gasteiger partial charge in [-0.05, 0) is 35.9 Å². The fourth-order valence-electron chi connectivity index (χ4n) is 2.00. The molecule has 0 aliphatic heterocycles. The number of carbonyl (C=O) groups excluding carboxylic acids is 2. The molecule has 0 fully saturated rings. The van der Waals surface area contributed by atoms with Crippen molar-refractivity contribution in [1.82, 2.24) is 15.7 Å². The zero-order valence-electron chi connectivity index (χ0n) is 14.8. The molecular formula is C19H20N4O4. The van der Waals surface area contributed by atoms with E-state index < -0.39 is 11.8 Å². The molecular weight excluding hydrogens is 348 g/mol. The van der Waals surface area contributed by atoms with E-state index in [0.717, 1.165) is 0 Å². The number of amides is 2. The number of pyridine rings is 1. The van der Waals surface area contributed by atoms with Crippen LogP contribution >= 0.6 is 0 Å². The van der Waals surface area contributed by atoms with Crippen LogP contribution in [0.3, 0.4) is 0 Å². The third-order valence-corrected chi connectivity index (χ3v) is 3.29. The Balaban J connectivity index is 1.87. The number of hydrazone groups is 1. The summed E-state index contributed by atoms with van der Waals surface area (Å²) in [5.74, 6) is -0.601. The van der Waals surface area contributed by atoms with Gasteiger partial charge in [-0.25, -0.2) is 5.43 Å². The van der Waals surface area contributed by atoms with Crippen LogP contribution < -0.4 is 20.2 Å². The highest BCUT2D eigenvalue weighted by Gasteiger charge is 2.12. The molecule has 2 aromatic rings. The van der Waals surface area contributed by atoms with Crippen molar-refractivity contribution in [2.45, 2.75) is 6.54 Å². The molecule has 0 atom stereocenters. The number of methoxy groups -OCH3 is 1. The SMILES string of the molecule is C=CCOc1ccc(/C=N\NC(=O)C(=O)NCc2ccccn2)cc1OC. The van der Waals surface area contributed by atoms with Crippen molar-refractivity contribution < 1.29 is 19.1 Å². The average Bonchev–Trinajstić information content (AvgIpc) is 2.71. The monoisotopic (exact) mass is 368 g/mol. The van der Waals surface area contributed by atoms with Crippen LogP contribution in [0.2, 0.25) is 0 Å². The predicted octanol–water partition coefficient (Wildman–Crippen LogP) is 1.42. The van der Waals surface area contributed by atoms with E-state index in [4.69, 9.17) is 9.47 Å². The van der Waals surface area contributed by atoms with Crippen LogP contribution in [0.4, 0.5) is 0 Å². The molecule has 2 N–H and O–H groups in total. The van der Waals surface area contributed by atoms with E-state index in [-0.39, 0.29) is 6.54 Å². The predicted molar refractivity (Wildman–Crippen MR) is 101 cm³/mol. The summed E-state index contributed by atoms with van der Waals surface area (Å²) in [6, 6.07) is 10.4. The summed E-state index contributed by atoms with van der Waals surface area (Å²) in [6.07, 6.45) is 4.63. The topological polar surface area (TPSA) is 102 Å². The van der Waals surface area contributed by atoms with E-state index in [1.54, 1.807) is 48.7 Å². The van der Waals surface area contributed by atoms with Gasteiger partial charge in [0.2, 0.25) is 0 Å². The maximum Gasteiger partial charge on any atom is 0.329 e. The molecule has 1 aromatic carbocycles. The van der Waals surface area contributed by atoms with Crippen LogP contribution in [0.5, 0.6) is 11.5 Å². The molecule has 0 saturated heterocycles. The van der Waals surface area contributed by atoms with Gasteiger partial charge in [-0.3, -0.25) is 14.6 Å². The van der Waals surface area contributed by atoms with Crippen LogP contribution in [0, 0.1) is 0 Å². The van der Waals surface area contributed by atoms with Gasteiger partial charge in [0.1, 0.15) is 6.61 Å². The molecule has 0 aliphatic rings. The van der Waals surface area contributed by atoms with E-state index >= 15 is 0 Å². The molecule has 2 rings (SSSR count). The summed E-state index contributed by atoms with van der Waals surface area (Å²) in [5, 5.41) is 6.23. The van der Waals surface area contributed by atoms with Gasteiger partial charge in [-0.1, -0.05) is 18.7 Å². The first kappa shape index (κ1) is 19.6. The zero-order chi connectivity index (χ0) is 19.5. The third kappa shape index (κ3) is 6.28. The zero-order valence-corrected chi connectivity index (χ0v) is 14.8. The second-order valence-electron chi connectivity index (χ2n) is 5.21. The maximum atomic E-state index is 11.7. The second kappa shape index (κ2) is 10.3. The number of nitrogens with one attached hydrogen (secondary N) is 2. The lowest BCUT2D eigenvalue weighted by atomic mass is 10.2. The third-order valence-electron chi connectivity index (χ3n) is 3.29. The Labute approximate surface area is 156 Å². The molecule has 1 aromatic heterocycles. The van der Waals surface area contributed by atoms with Gasteiger partial charge in [0.05, 0.1) is 25.6 Å². The molecule has 0 unspecified atom stereocenters. The van der Waals surface area contributed by atoms with Crippen molar-refractivity contribution in [3.63, 3.8) is 0 Å². The van der Waals surface area contributed by atoms with Gasteiger partial charge in [0, 0.05) is 6.20 Å². The lowest BCUT2D eigenvalue weighted by molar-refractivity contribution is -0.139. The van der Waals surface area contributed by atoms with Crippen molar-refractivity contribution >= 4 is 18.0 Å². The highest BCUT2D eigenvalue weighted by Crippen LogP contribution is 2.27. The van der Waals surface area contributed by atoms with Crippen LogP contribution in [-0.2, 0) is 16.1 Å². The number of hydrogen-bond acceptors (Lipinski definition) is 6. The maximum absolute atomic E-state index is 11.7. The molecule has 0 spiro atoms. The Morgan fingerprint density at radius 2 is 2.07 bits per heavy atom. The largest absolute Gasteiger partial charge is 0.493 e. The molecule has 0 bridgehead atoms. The minimum Gasteiger partial charge on any atom is -0.493 e. The Kier molecular flexibility index (Phi) is 7.52. The van der Waals surface area contributed by atoms with E-state index in [9.17, 15) is 9.59 Å². The molecule has 27 heavy (non-hydrogen) atoms. The molecule has 0 saturated carbocycles. The number of benzene rings is 1. The molecule has 8 nitrogen and oxygen atoms in total. The average molecular weight is 368 g/mol. The van der Waals surface area contributed by atoms with Crippen molar-refractivity contribution in [2.24, 2.45) is 5.10 Å². The summed E-state index contributed by atoms with van der Waals surface area (Å²) in [4.78, 5) is 27.5. The smallest absolute Gasteiger partial charge is 0.329 e. The fraction of sp³-hybridized carbons (Fsp3) is 0.158. The van der Waals surface area contributed by atoms with Crippen LogP contribution in [0.25, 0.3) is 0 Å². The van der Waals surface area contributed by atoms with E-state index in [2.05, 4.69) is 27.4 Å². The summed E-state index contributed by atoms with van der Waals surface area (Å²) in [7, 11) is 1.52. The normalized spacial score (nSPS) is 10.3. The number of aromatic nitrogens is 1. The van der Waals surface area contributed by atoms with Gasteiger partial charge in [-0.2, -0.15) is 5.10 Å². The second-order valence-corrected chi connectivity index (χ2v) is 5.21. The summed E-state index contributed by atoms with van der Waals surface area (Å²) < 4.78 is 10.7. The Morgan fingerprint density at radius 3 is 2.78 bits per heavy atom. The van der Waals surface area contributed by atoms with Crippen LogP contribution in [-0.4, -0.2) is 36.7 Å². The molecule has 0 aliphatic carbocycles. The summed E-state index contributed by atoms with van der Waals surface area (Å²) >= 11 is 0. The van der Waals surface area contributed by atoms with E-state index in [0.29, 0.717) is 29.4 Å². The molecule has 140 valence electrons. The standard InChI is InChI=1S/C19H20N4O4/c1-3-10-27-16-8-7-14(11-17(16)26-2)12-22-23-19(25)18(24)21-13-15-6-4-5-9-20-15/h3-9,11-12H,1,10,13H2,2H3,(H,21,24)(H,23,25)/b22-12-. The van der Waals surface area contributed by atoms with Gasteiger partial charge in [-0.15, -0.1) is 0 Å². The van der Waals surface area contributed by atoms with Gasteiger partial charge in [0.25, 0.3) is 0 Å². The number of ether oxygens (including phenoxy) is 2. The highest BCUT2D eigenvalue weighted by molar-refractivity contribution is 6.35. The number of nitrogens with zero attached hydrogens (tertiary/aromatic N) is 2. The molecule has 8 heteroatoms. The summed E-state index contributed by atoms with van der Waals surface area (Å²) in [6.45, 7) is 4.09. The molecule has 2 amide bonds. The number of carbonyl (C=O) groups is 2. The Bertz CT molecular complexity index is 822. The summed E-state index contributed by atoms with van der Waals surface area (Å²) in [5.41, 5.74) is 3.47. The first-order chi connectivity index (χ1) is 13.1. The van der Waals surface area contributed by atoms with E-state index in [1.165, 1.54) is 13.3 Å². The number of rotatable bonds is 8. The van der Waals surface area contributed by atoms with Gasteiger partial charge in [0.15, 0.2) is 11.5 Å². The van der Waals surface area contributed by atoms with E-state index in [1.807, 2.05) is 0 Å². The van der Waals surface area contributed by atoms with Crippen molar-refractivity contribution in [3.05, 3.63) is 66.5 Å². The molecule has 1 heterocycles. The first-order valence-electron chi connectivity index (χ1n) is 8.07. The Hall–Kier alpha value is -3.68. The minimum absolute atomic E-state index is 0.153. The number of hydrogen-bond donors (Lipinski definition) is 2. The van der Waals surface area contributed by atoms with Gasteiger partial charge < -0.3 is 14.8 Å². The Morgan fingerprint density at radius 1 is 1.22 bits per heavy atom. The highest BCUT2D eigenvalue weighted by atomic mass is 16.5. The lowest BCUT2D eigenvalue weighted by Gasteiger charge is -2.09. The van der Waals surface area contributed by atoms with Crippen molar-refractivity contribution in [2.75, 3.05) is 13.7 Å². The molecule has 0 radical (unpaired) electrons. The quantitative estimate of drug-likeness (QED) is 0.318. The minimum atomic E-state index is -0.875. The lowest BCUT2D eigenvalue weighted by Crippen LogP contribution is -2.37. The van der Waals surface area contributed by atoms with Crippen molar-refractivity contribution in [1.29, 1.82) is 0 Å². The fourth-order valence-corrected chi connectivity index (χ4v) is 2.00. The van der Waals surface area contributed by atoms with Crippen LogP contribution in [0.1, 0.15) is 11.3 Å². The van der Waals surface area contributed by atoms with Crippen molar-refractivity contribution in [3.8, 4) is 11.5 Å².